The number of rotatable bonds is 6. The van der Waals surface area contributed by atoms with Crippen molar-refractivity contribution >= 4 is 35.0 Å². The number of halogens is 1. The van der Waals surface area contributed by atoms with Gasteiger partial charge in [0.15, 0.2) is 5.75 Å². The Balaban J connectivity index is 1.81. The van der Waals surface area contributed by atoms with Gasteiger partial charge >= 0.3 is 5.97 Å². The van der Waals surface area contributed by atoms with Crippen LogP contribution in [0.15, 0.2) is 76.5 Å². The van der Waals surface area contributed by atoms with Crippen molar-refractivity contribution in [2.24, 2.45) is 0 Å². The van der Waals surface area contributed by atoms with Crippen LogP contribution in [0.4, 0.5) is 5.69 Å². The van der Waals surface area contributed by atoms with Crippen molar-refractivity contribution in [3.63, 3.8) is 0 Å². The van der Waals surface area contributed by atoms with Crippen molar-refractivity contribution in [3.8, 4) is 5.75 Å². The summed E-state index contributed by atoms with van der Waals surface area (Å²) in [6.45, 7) is 0.435. The number of aromatic carboxylic acids is 1. The largest absolute Gasteiger partial charge is 0.505 e. The fourth-order valence-corrected chi connectivity index (χ4v) is 3.66. The molecule has 0 saturated carbocycles. The molecule has 3 aromatic rings. The zero-order valence-electron chi connectivity index (χ0n) is 13.6. The van der Waals surface area contributed by atoms with Gasteiger partial charge in [-0.05, 0) is 35.9 Å². The van der Waals surface area contributed by atoms with E-state index in [1.54, 1.807) is 23.9 Å². The van der Waals surface area contributed by atoms with Crippen LogP contribution in [-0.4, -0.2) is 16.2 Å². The van der Waals surface area contributed by atoms with Gasteiger partial charge in [-0.25, -0.2) is 4.79 Å². The van der Waals surface area contributed by atoms with Crippen LogP contribution >= 0.6 is 23.4 Å². The molecule has 0 fully saturated rings. The number of carboxylic acids is 1. The van der Waals surface area contributed by atoms with E-state index in [2.05, 4.69) is 5.32 Å². The van der Waals surface area contributed by atoms with Crippen molar-refractivity contribution in [3.05, 3.63) is 82.9 Å². The zero-order chi connectivity index (χ0) is 18.5. The van der Waals surface area contributed by atoms with Crippen LogP contribution in [0, 0.1) is 0 Å². The van der Waals surface area contributed by atoms with Crippen LogP contribution in [0.1, 0.15) is 15.9 Å². The number of carbonyl (C=O) groups is 1. The molecule has 3 rings (SSSR count). The Kier molecular flexibility index (Phi) is 5.71. The van der Waals surface area contributed by atoms with Gasteiger partial charge < -0.3 is 15.5 Å². The van der Waals surface area contributed by atoms with Crippen molar-refractivity contribution in [2.45, 2.75) is 16.3 Å². The van der Waals surface area contributed by atoms with E-state index in [1.807, 2.05) is 48.5 Å². The van der Waals surface area contributed by atoms with E-state index in [-0.39, 0.29) is 11.3 Å². The predicted molar refractivity (Wildman–Crippen MR) is 104 cm³/mol. The van der Waals surface area contributed by atoms with Gasteiger partial charge in [0.25, 0.3) is 0 Å². The highest BCUT2D eigenvalue weighted by Crippen LogP contribution is 2.35. The van der Waals surface area contributed by atoms with E-state index >= 15 is 0 Å². The summed E-state index contributed by atoms with van der Waals surface area (Å²) < 4.78 is 0. The Morgan fingerprint density at radius 1 is 0.962 bits per heavy atom. The highest BCUT2D eigenvalue weighted by atomic mass is 35.5. The van der Waals surface area contributed by atoms with Gasteiger partial charge in [0.2, 0.25) is 0 Å². The third-order valence-electron chi connectivity index (χ3n) is 3.76. The fourth-order valence-electron chi connectivity index (χ4n) is 2.44. The maximum absolute atomic E-state index is 11.1. The maximum atomic E-state index is 11.1. The second-order valence-corrected chi connectivity index (χ2v) is 6.99. The quantitative estimate of drug-likeness (QED) is 0.488. The first-order chi connectivity index (χ1) is 12.6. The first-order valence-corrected chi connectivity index (χ1v) is 9.05. The maximum Gasteiger partial charge on any atom is 0.339 e. The lowest BCUT2D eigenvalue weighted by atomic mass is 10.1. The molecule has 3 aromatic carbocycles. The predicted octanol–water partition coefficient (Wildman–Crippen LogP) is 5.51. The topological polar surface area (TPSA) is 69.6 Å². The molecule has 0 heterocycles. The molecule has 0 bridgehead atoms. The van der Waals surface area contributed by atoms with Crippen molar-refractivity contribution in [1.29, 1.82) is 0 Å². The molecule has 0 aliphatic carbocycles. The summed E-state index contributed by atoms with van der Waals surface area (Å²) >= 11 is 7.80. The van der Waals surface area contributed by atoms with Crippen LogP contribution in [0.5, 0.6) is 5.75 Å². The molecule has 0 unspecified atom stereocenters. The number of anilines is 1. The fraction of sp³-hybridized carbons (Fsp3) is 0.0500. The molecule has 132 valence electrons. The van der Waals surface area contributed by atoms with Crippen molar-refractivity contribution in [1.82, 2.24) is 0 Å². The molecule has 0 amide bonds. The molecule has 3 N–H and O–H groups in total. The minimum absolute atomic E-state index is 0.131. The highest BCUT2D eigenvalue weighted by molar-refractivity contribution is 7.99. The number of nitrogens with one attached hydrogen (secondary N) is 1. The third-order valence-corrected chi connectivity index (χ3v) is 5.40. The molecule has 0 atom stereocenters. The van der Waals surface area contributed by atoms with E-state index in [9.17, 15) is 9.90 Å². The summed E-state index contributed by atoms with van der Waals surface area (Å²) in [4.78, 5) is 13.1. The smallest absolute Gasteiger partial charge is 0.339 e. The number of benzene rings is 3. The monoisotopic (exact) mass is 385 g/mol. The first-order valence-electron chi connectivity index (χ1n) is 7.85. The Morgan fingerprint density at radius 2 is 1.65 bits per heavy atom. The van der Waals surface area contributed by atoms with E-state index < -0.39 is 5.97 Å². The minimum Gasteiger partial charge on any atom is -0.505 e. The number of hydrogen-bond donors (Lipinski definition) is 3. The Morgan fingerprint density at radius 3 is 2.38 bits per heavy atom. The van der Waals surface area contributed by atoms with Crippen molar-refractivity contribution < 1.29 is 15.0 Å². The van der Waals surface area contributed by atoms with Gasteiger partial charge in [-0.1, -0.05) is 59.8 Å². The van der Waals surface area contributed by atoms with Gasteiger partial charge in [0.05, 0.1) is 10.7 Å². The summed E-state index contributed by atoms with van der Waals surface area (Å²) in [7, 11) is 0. The molecule has 0 saturated heterocycles. The van der Waals surface area contributed by atoms with E-state index in [0.717, 1.165) is 15.4 Å². The first kappa shape index (κ1) is 18.2. The van der Waals surface area contributed by atoms with Gasteiger partial charge in [0.1, 0.15) is 5.56 Å². The normalized spacial score (nSPS) is 10.5. The molecule has 26 heavy (non-hydrogen) atoms. The SMILES string of the molecule is O=C(O)c1cccc(NCc2ccccc2Sc2ccccc2Cl)c1O. The summed E-state index contributed by atoms with van der Waals surface area (Å²) in [5.41, 5.74) is 1.26. The van der Waals surface area contributed by atoms with Crippen LogP contribution in [0.2, 0.25) is 5.02 Å². The van der Waals surface area contributed by atoms with Gasteiger partial charge in [-0.2, -0.15) is 0 Å². The molecule has 0 radical (unpaired) electrons. The van der Waals surface area contributed by atoms with Crippen LogP contribution in [0.3, 0.4) is 0 Å². The Hall–Kier alpha value is -2.63. The summed E-state index contributed by atoms with van der Waals surface area (Å²) in [6.07, 6.45) is 0. The third kappa shape index (κ3) is 4.12. The Labute approximate surface area is 160 Å². The van der Waals surface area contributed by atoms with E-state index in [4.69, 9.17) is 16.7 Å². The summed E-state index contributed by atoms with van der Waals surface area (Å²) in [5.74, 6) is -1.43. The highest BCUT2D eigenvalue weighted by Gasteiger charge is 2.13. The molecule has 0 aromatic heterocycles. The average molecular weight is 386 g/mol. The molecule has 4 nitrogen and oxygen atoms in total. The molecule has 6 heteroatoms. The molecule has 0 spiro atoms. The number of hydrogen-bond acceptors (Lipinski definition) is 4. The number of para-hydroxylation sites is 1. The lowest BCUT2D eigenvalue weighted by Crippen LogP contribution is -2.04. The molecular formula is C20H16ClNO3S. The second kappa shape index (κ2) is 8.17. The standard InChI is InChI=1S/C20H16ClNO3S/c21-15-8-2-4-11-18(15)26-17-10-3-1-6-13(17)12-22-16-9-5-7-14(19(16)23)20(24)25/h1-11,22-23H,12H2,(H,24,25). The van der Waals surface area contributed by atoms with Crippen LogP contribution in [-0.2, 0) is 6.54 Å². The number of carboxylic acid groups (broad SMARTS) is 1. The van der Waals surface area contributed by atoms with Crippen LogP contribution in [0.25, 0.3) is 0 Å². The number of phenols is 1. The average Bonchev–Trinajstić information content (AvgIpc) is 2.63. The summed E-state index contributed by atoms with van der Waals surface area (Å²) in [5, 5.41) is 23.0. The van der Waals surface area contributed by atoms with Gasteiger partial charge in [-0.15, -0.1) is 0 Å². The number of aromatic hydroxyl groups is 1. The van der Waals surface area contributed by atoms with Gasteiger partial charge in [-0.3, -0.25) is 0 Å². The lowest BCUT2D eigenvalue weighted by molar-refractivity contribution is 0.0694. The lowest BCUT2D eigenvalue weighted by Gasteiger charge is -2.13. The summed E-state index contributed by atoms with van der Waals surface area (Å²) in [6, 6.07) is 20.1. The molecular weight excluding hydrogens is 370 g/mol. The minimum atomic E-state index is -1.17. The molecule has 0 aliphatic rings. The Bertz CT molecular complexity index is 946. The molecule has 0 aliphatic heterocycles. The second-order valence-electron chi connectivity index (χ2n) is 5.50. The zero-order valence-corrected chi connectivity index (χ0v) is 15.2. The van der Waals surface area contributed by atoms with Gasteiger partial charge in [0, 0.05) is 16.3 Å². The van der Waals surface area contributed by atoms with E-state index in [1.165, 1.54) is 6.07 Å². The van der Waals surface area contributed by atoms with E-state index in [0.29, 0.717) is 17.3 Å². The van der Waals surface area contributed by atoms with Crippen LogP contribution < -0.4 is 5.32 Å². The van der Waals surface area contributed by atoms with Crippen molar-refractivity contribution in [2.75, 3.05) is 5.32 Å².